The number of nitrogens with zero attached hydrogens (tertiary/aromatic N) is 2. The van der Waals surface area contributed by atoms with Crippen LogP contribution in [0.4, 0.5) is 17.1 Å². The van der Waals surface area contributed by atoms with Crippen LogP contribution in [0, 0.1) is 0 Å². The molecule has 0 bridgehead atoms. The van der Waals surface area contributed by atoms with Crippen LogP contribution >= 0.6 is 0 Å². The quantitative estimate of drug-likeness (QED) is 0.330. The minimum atomic E-state index is -4.72. The number of hydrogen-bond acceptors (Lipinski definition) is 8. The van der Waals surface area contributed by atoms with Crippen LogP contribution in [-0.2, 0) is 24.9 Å². The number of rotatable bonds is 5. The van der Waals surface area contributed by atoms with Gasteiger partial charge in [0, 0.05) is 12.3 Å². The smallest absolute Gasteiger partial charge is 0.295 e. The monoisotopic (exact) mass is 464 g/mol. The van der Waals surface area contributed by atoms with Crippen LogP contribution in [0.5, 0.6) is 5.75 Å². The fourth-order valence-electron chi connectivity index (χ4n) is 2.83. The van der Waals surface area contributed by atoms with Crippen LogP contribution in [0.15, 0.2) is 68.6 Å². The average molecular weight is 464 g/mol. The number of carbonyl (C=O) groups is 1. The van der Waals surface area contributed by atoms with Gasteiger partial charge in [0.1, 0.15) is 10.6 Å². The topological polar surface area (TPSA) is 189 Å². The number of anilines is 1. The first-order valence-electron chi connectivity index (χ1n) is 8.46. The predicted octanol–water partition coefficient (Wildman–Crippen LogP) is 2.81. The molecule has 0 aromatic heterocycles. The summed E-state index contributed by atoms with van der Waals surface area (Å²) in [7, 11) is -8.61. The van der Waals surface area contributed by atoms with Gasteiger partial charge in [0.15, 0.2) is 0 Å². The molecule has 0 fully saturated rings. The molecule has 0 spiro atoms. The van der Waals surface area contributed by atoms with E-state index < -0.39 is 30.9 Å². The van der Waals surface area contributed by atoms with E-state index in [0.717, 1.165) is 6.07 Å². The first kappa shape index (κ1) is 22.3. The highest BCUT2D eigenvalue weighted by molar-refractivity contribution is 7.89. The maximum atomic E-state index is 11.9. The third-order valence-electron chi connectivity index (χ3n) is 4.11. The molecule has 0 atom stereocenters. The number of nitrogens with one attached hydrogen (secondary N) is 1. The Labute approximate surface area is 177 Å². The summed E-state index contributed by atoms with van der Waals surface area (Å²) in [6.45, 7) is 1.23. The van der Waals surface area contributed by atoms with E-state index in [-0.39, 0.29) is 38.5 Å². The zero-order chi connectivity index (χ0) is 23.0. The Morgan fingerprint density at radius 2 is 1.58 bits per heavy atom. The standard InChI is InChI=1S/C18H16N4O7S2/c1-10(23)20-13-7-9-16(31(27,28)29)18-14(6-8-15(24)17(13)18)22-21-11-2-4-12(5-3-11)30(19,25)26/h2-9,24H,1H3,(H,20,23)(H2,19,25,26)(H,27,28,29). The molecule has 5 N–H and O–H groups in total. The van der Waals surface area contributed by atoms with Gasteiger partial charge in [-0.25, -0.2) is 13.6 Å². The summed E-state index contributed by atoms with van der Waals surface area (Å²) in [5.74, 6) is -0.831. The van der Waals surface area contributed by atoms with E-state index in [2.05, 4.69) is 15.5 Å². The van der Waals surface area contributed by atoms with Crippen LogP contribution in [0.2, 0.25) is 0 Å². The Bertz CT molecular complexity index is 1430. The number of aromatic hydroxyl groups is 1. The fraction of sp³-hybridized carbons (Fsp3) is 0.0556. The highest BCUT2D eigenvalue weighted by Crippen LogP contribution is 2.41. The van der Waals surface area contributed by atoms with Crippen molar-refractivity contribution in [2.45, 2.75) is 16.7 Å². The minimum absolute atomic E-state index is 0.0388. The molecule has 31 heavy (non-hydrogen) atoms. The first-order valence-corrected chi connectivity index (χ1v) is 11.4. The van der Waals surface area contributed by atoms with Crippen molar-refractivity contribution in [1.29, 1.82) is 0 Å². The first-order chi connectivity index (χ1) is 14.4. The van der Waals surface area contributed by atoms with Crippen LogP contribution in [-0.4, -0.2) is 32.4 Å². The Kier molecular flexibility index (Phi) is 5.78. The molecule has 0 saturated heterocycles. The Hall–Kier alpha value is -3.39. The number of hydrogen-bond donors (Lipinski definition) is 4. The van der Waals surface area contributed by atoms with Gasteiger partial charge in [-0.3, -0.25) is 9.35 Å². The molecule has 3 rings (SSSR count). The molecular weight excluding hydrogens is 448 g/mol. The van der Waals surface area contributed by atoms with Crippen molar-refractivity contribution in [3.05, 3.63) is 48.5 Å². The molecule has 0 radical (unpaired) electrons. The summed E-state index contributed by atoms with van der Waals surface area (Å²) in [5.41, 5.74) is 0.283. The lowest BCUT2D eigenvalue weighted by Gasteiger charge is -2.13. The van der Waals surface area contributed by atoms with Crippen molar-refractivity contribution in [2.75, 3.05) is 5.32 Å². The van der Waals surface area contributed by atoms with Crippen molar-refractivity contribution in [1.82, 2.24) is 0 Å². The molecule has 162 valence electrons. The van der Waals surface area contributed by atoms with Crippen molar-refractivity contribution in [3.8, 4) is 5.75 Å². The van der Waals surface area contributed by atoms with Crippen molar-refractivity contribution in [3.63, 3.8) is 0 Å². The molecule has 0 aliphatic heterocycles. The summed E-state index contributed by atoms with van der Waals surface area (Å²) >= 11 is 0. The van der Waals surface area contributed by atoms with E-state index >= 15 is 0 Å². The van der Waals surface area contributed by atoms with Gasteiger partial charge < -0.3 is 10.4 Å². The van der Waals surface area contributed by atoms with Gasteiger partial charge in [-0.15, -0.1) is 5.11 Å². The molecule has 3 aromatic rings. The van der Waals surface area contributed by atoms with Gasteiger partial charge in [0.25, 0.3) is 10.1 Å². The lowest BCUT2D eigenvalue weighted by atomic mass is 10.1. The van der Waals surface area contributed by atoms with E-state index in [0.29, 0.717) is 0 Å². The molecule has 0 aliphatic rings. The normalized spacial score (nSPS) is 12.4. The molecule has 0 aliphatic carbocycles. The molecule has 0 heterocycles. The molecule has 1 amide bonds. The highest BCUT2D eigenvalue weighted by atomic mass is 32.2. The number of carbonyl (C=O) groups excluding carboxylic acids is 1. The van der Waals surface area contributed by atoms with E-state index in [1.54, 1.807) is 0 Å². The van der Waals surface area contributed by atoms with Crippen molar-refractivity contribution < 1.29 is 31.3 Å². The number of fused-ring (bicyclic) bond motifs is 1. The second-order valence-electron chi connectivity index (χ2n) is 6.36. The lowest BCUT2D eigenvalue weighted by Crippen LogP contribution is -2.11. The molecule has 3 aromatic carbocycles. The van der Waals surface area contributed by atoms with Crippen LogP contribution in [0.25, 0.3) is 10.8 Å². The summed E-state index contributed by atoms with van der Waals surface area (Å²) in [6, 6.07) is 9.87. The third-order valence-corrected chi connectivity index (χ3v) is 5.93. The lowest BCUT2D eigenvalue weighted by molar-refractivity contribution is -0.114. The third kappa shape index (κ3) is 4.86. The number of amides is 1. The maximum Gasteiger partial charge on any atom is 0.295 e. The van der Waals surface area contributed by atoms with Crippen LogP contribution < -0.4 is 10.5 Å². The molecule has 11 nitrogen and oxygen atoms in total. The SMILES string of the molecule is CC(=O)Nc1ccc(S(=O)(=O)O)c2c(N=Nc3ccc(S(N)(=O)=O)cc3)ccc(O)c12. The Morgan fingerprint density at radius 3 is 2.13 bits per heavy atom. The van der Waals surface area contributed by atoms with Gasteiger partial charge in [0.2, 0.25) is 15.9 Å². The van der Waals surface area contributed by atoms with Crippen molar-refractivity contribution in [2.24, 2.45) is 15.4 Å². The van der Waals surface area contributed by atoms with Crippen LogP contribution in [0.1, 0.15) is 6.92 Å². The zero-order valence-corrected chi connectivity index (χ0v) is 17.5. The second kappa shape index (κ2) is 8.03. The zero-order valence-electron chi connectivity index (χ0n) is 15.8. The van der Waals surface area contributed by atoms with Gasteiger partial charge >= 0.3 is 0 Å². The Balaban J connectivity index is 2.21. The van der Waals surface area contributed by atoms with Gasteiger partial charge in [0.05, 0.1) is 27.3 Å². The summed E-state index contributed by atoms with van der Waals surface area (Å²) < 4.78 is 56.1. The van der Waals surface area contributed by atoms with Gasteiger partial charge in [-0.05, 0) is 48.5 Å². The average Bonchev–Trinajstić information content (AvgIpc) is 2.65. The second-order valence-corrected chi connectivity index (χ2v) is 9.31. The molecule has 0 unspecified atom stereocenters. The van der Waals surface area contributed by atoms with E-state index in [1.165, 1.54) is 49.4 Å². The number of phenols is 1. The predicted molar refractivity (Wildman–Crippen MR) is 112 cm³/mol. The van der Waals surface area contributed by atoms with Crippen LogP contribution in [0.3, 0.4) is 0 Å². The molecule has 13 heteroatoms. The highest BCUT2D eigenvalue weighted by Gasteiger charge is 2.21. The summed E-state index contributed by atoms with van der Waals surface area (Å²) in [4.78, 5) is 10.8. The maximum absolute atomic E-state index is 11.9. The summed E-state index contributed by atoms with van der Waals surface area (Å²) in [6.07, 6.45) is 0. The van der Waals surface area contributed by atoms with E-state index in [1.807, 2.05) is 0 Å². The molecular formula is C18H16N4O7S2. The number of primary sulfonamides is 1. The largest absolute Gasteiger partial charge is 0.507 e. The Morgan fingerprint density at radius 1 is 0.935 bits per heavy atom. The minimum Gasteiger partial charge on any atom is -0.507 e. The fourth-order valence-corrected chi connectivity index (χ4v) is 4.05. The number of benzene rings is 3. The number of nitrogens with two attached hydrogens (primary N) is 1. The number of azo groups is 1. The van der Waals surface area contributed by atoms with Crippen molar-refractivity contribution >= 4 is 53.9 Å². The van der Waals surface area contributed by atoms with E-state index in [4.69, 9.17) is 5.14 Å². The van der Waals surface area contributed by atoms with E-state index in [9.17, 15) is 31.3 Å². The number of sulfonamides is 1. The number of phenolic OH excluding ortho intramolecular Hbond substituents is 1. The summed E-state index contributed by atoms with van der Waals surface area (Å²) in [5, 5.41) is 25.5. The van der Waals surface area contributed by atoms with Gasteiger partial charge in [-0.2, -0.15) is 13.5 Å². The van der Waals surface area contributed by atoms with Gasteiger partial charge in [-0.1, -0.05) is 0 Å². The molecule has 0 saturated carbocycles.